The minimum absolute atomic E-state index is 0.0868. The van der Waals surface area contributed by atoms with Crippen molar-refractivity contribution in [1.29, 1.82) is 0 Å². The van der Waals surface area contributed by atoms with Crippen molar-refractivity contribution in [3.63, 3.8) is 0 Å². The van der Waals surface area contributed by atoms with Gasteiger partial charge in [0.15, 0.2) is 0 Å². The highest BCUT2D eigenvalue weighted by atomic mass is 16.6. The van der Waals surface area contributed by atoms with E-state index in [-0.39, 0.29) is 23.8 Å². The van der Waals surface area contributed by atoms with Crippen LogP contribution in [0.25, 0.3) is 10.8 Å². The van der Waals surface area contributed by atoms with Gasteiger partial charge in [0, 0.05) is 30.1 Å². The highest BCUT2D eigenvalue weighted by Crippen LogP contribution is 2.35. The zero-order valence-corrected chi connectivity index (χ0v) is 18.2. The topological polar surface area (TPSA) is 58.6 Å². The number of hydrogen-bond acceptors (Lipinski definition) is 3. The maximum Gasteiger partial charge on any atom is 0.410 e. The first-order valence-corrected chi connectivity index (χ1v) is 10.6. The molecule has 1 aliphatic heterocycles. The first-order valence-electron chi connectivity index (χ1n) is 10.6. The number of carbonyl (C=O) groups is 2. The normalized spacial score (nSPS) is 18.7. The number of likely N-dealkylation sites (tertiary alicyclic amines) is 1. The Morgan fingerprint density at radius 3 is 2.32 bits per heavy atom. The molecule has 31 heavy (non-hydrogen) atoms. The van der Waals surface area contributed by atoms with Crippen molar-refractivity contribution in [3.05, 3.63) is 78.4 Å². The van der Waals surface area contributed by atoms with E-state index in [1.165, 1.54) is 0 Å². The third kappa shape index (κ3) is 4.71. The molecule has 2 amide bonds. The van der Waals surface area contributed by atoms with E-state index in [9.17, 15) is 9.59 Å². The second-order valence-corrected chi connectivity index (χ2v) is 9.02. The molecule has 1 N–H and O–H groups in total. The Balaban J connectivity index is 1.60. The lowest BCUT2D eigenvalue weighted by molar-refractivity contribution is -0.119. The summed E-state index contributed by atoms with van der Waals surface area (Å²) >= 11 is 0. The Kier molecular flexibility index (Phi) is 5.68. The Labute approximate surface area is 183 Å². The van der Waals surface area contributed by atoms with Crippen LogP contribution in [-0.4, -0.2) is 35.6 Å². The fourth-order valence-electron chi connectivity index (χ4n) is 4.14. The number of fused-ring (bicyclic) bond motifs is 1. The van der Waals surface area contributed by atoms with Crippen LogP contribution >= 0.6 is 0 Å². The second kappa shape index (κ2) is 8.42. The third-order valence-electron chi connectivity index (χ3n) is 5.58. The summed E-state index contributed by atoms with van der Waals surface area (Å²) in [5, 5.41) is 5.18. The van der Waals surface area contributed by atoms with Gasteiger partial charge in [0.2, 0.25) is 5.91 Å². The Morgan fingerprint density at radius 1 is 0.903 bits per heavy atom. The number of benzene rings is 3. The van der Waals surface area contributed by atoms with Gasteiger partial charge in [-0.05, 0) is 37.8 Å². The van der Waals surface area contributed by atoms with Crippen LogP contribution in [0.4, 0.5) is 10.5 Å². The highest BCUT2D eigenvalue weighted by Gasteiger charge is 2.41. The average Bonchev–Trinajstić information content (AvgIpc) is 3.19. The quantitative estimate of drug-likeness (QED) is 0.619. The SMILES string of the molecule is CC(C)(C)OC(=O)N1CC(C(=O)Nc2cccc3ccccc23)C(c2ccccc2)C1. The molecule has 1 fully saturated rings. The molecule has 1 aliphatic rings. The maximum absolute atomic E-state index is 13.4. The lowest BCUT2D eigenvalue weighted by Gasteiger charge is -2.24. The van der Waals surface area contributed by atoms with Crippen molar-refractivity contribution in [2.24, 2.45) is 5.92 Å². The summed E-state index contributed by atoms with van der Waals surface area (Å²) in [4.78, 5) is 27.8. The Morgan fingerprint density at radius 2 is 1.58 bits per heavy atom. The van der Waals surface area contributed by atoms with Gasteiger partial charge in [-0.2, -0.15) is 0 Å². The van der Waals surface area contributed by atoms with E-state index in [0.717, 1.165) is 22.0 Å². The summed E-state index contributed by atoms with van der Waals surface area (Å²) in [6, 6.07) is 23.8. The maximum atomic E-state index is 13.4. The molecule has 3 aromatic carbocycles. The lowest BCUT2D eigenvalue weighted by atomic mass is 9.88. The Bertz CT molecular complexity index is 1080. The molecule has 1 saturated heterocycles. The van der Waals surface area contributed by atoms with E-state index < -0.39 is 5.60 Å². The molecule has 5 nitrogen and oxygen atoms in total. The first kappa shape index (κ1) is 20.9. The molecular formula is C26H28N2O3. The highest BCUT2D eigenvalue weighted by molar-refractivity contribution is 6.03. The largest absolute Gasteiger partial charge is 0.444 e. The average molecular weight is 417 g/mol. The number of carbonyl (C=O) groups excluding carboxylic acids is 2. The van der Waals surface area contributed by atoms with Gasteiger partial charge in [0.25, 0.3) is 0 Å². The van der Waals surface area contributed by atoms with Crippen LogP contribution in [0.3, 0.4) is 0 Å². The fourth-order valence-corrected chi connectivity index (χ4v) is 4.14. The van der Waals surface area contributed by atoms with Crippen molar-refractivity contribution in [3.8, 4) is 0 Å². The zero-order valence-electron chi connectivity index (χ0n) is 18.2. The summed E-state index contributed by atoms with van der Waals surface area (Å²) in [5.74, 6) is -0.547. The summed E-state index contributed by atoms with van der Waals surface area (Å²) in [6.45, 7) is 6.32. The van der Waals surface area contributed by atoms with Gasteiger partial charge >= 0.3 is 6.09 Å². The van der Waals surface area contributed by atoms with Crippen LogP contribution in [0.2, 0.25) is 0 Å². The lowest BCUT2D eigenvalue weighted by Crippen LogP contribution is -2.36. The van der Waals surface area contributed by atoms with Crippen molar-refractivity contribution in [2.45, 2.75) is 32.3 Å². The molecule has 0 spiro atoms. The molecule has 0 aromatic heterocycles. The second-order valence-electron chi connectivity index (χ2n) is 9.02. The number of amides is 2. The molecule has 160 valence electrons. The van der Waals surface area contributed by atoms with Gasteiger partial charge < -0.3 is 15.0 Å². The van der Waals surface area contributed by atoms with Crippen molar-refractivity contribution >= 4 is 28.5 Å². The number of hydrogen-bond donors (Lipinski definition) is 1. The molecular weight excluding hydrogens is 388 g/mol. The molecule has 0 bridgehead atoms. The van der Waals surface area contributed by atoms with E-state index in [0.29, 0.717) is 13.1 Å². The van der Waals surface area contributed by atoms with Gasteiger partial charge in [-0.1, -0.05) is 66.7 Å². The molecule has 1 heterocycles. The van der Waals surface area contributed by atoms with Gasteiger partial charge in [-0.3, -0.25) is 4.79 Å². The molecule has 2 atom stereocenters. The van der Waals surface area contributed by atoms with Crippen LogP contribution in [0.15, 0.2) is 72.8 Å². The van der Waals surface area contributed by atoms with E-state index in [1.54, 1.807) is 4.90 Å². The number of nitrogens with zero attached hydrogens (tertiary/aromatic N) is 1. The summed E-state index contributed by atoms with van der Waals surface area (Å²) in [7, 11) is 0. The van der Waals surface area contributed by atoms with Gasteiger partial charge in [-0.25, -0.2) is 4.79 Å². The van der Waals surface area contributed by atoms with E-state index in [2.05, 4.69) is 5.32 Å². The fraction of sp³-hybridized carbons (Fsp3) is 0.308. The monoisotopic (exact) mass is 416 g/mol. The van der Waals surface area contributed by atoms with Gasteiger partial charge in [-0.15, -0.1) is 0 Å². The van der Waals surface area contributed by atoms with Crippen molar-refractivity contribution in [1.82, 2.24) is 4.90 Å². The van der Waals surface area contributed by atoms with Crippen LogP contribution in [0.5, 0.6) is 0 Å². The predicted molar refractivity (Wildman–Crippen MR) is 123 cm³/mol. The van der Waals surface area contributed by atoms with Crippen molar-refractivity contribution < 1.29 is 14.3 Å². The van der Waals surface area contributed by atoms with Crippen LogP contribution in [-0.2, 0) is 9.53 Å². The molecule has 4 rings (SSSR count). The minimum Gasteiger partial charge on any atom is -0.444 e. The number of ether oxygens (including phenoxy) is 1. The standard InChI is InChI=1S/C26H28N2O3/c1-26(2,3)31-25(30)28-16-21(19-10-5-4-6-11-19)22(17-28)24(29)27-23-15-9-13-18-12-7-8-14-20(18)23/h4-15,21-22H,16-17H2,1-3H3,(H,27,29). The van der Waals surface area contributed by atoms with Crippen molar-refractivity contribution in [2.75, 3.05) is 18.4 Å². The number of nitrogens with one attached hydrogen (secondary N) is 1. The smallest absolute Gasteiger partial charge is 0.410 e. The Hall–Kier alpha value is -3.34. The van der Waals surface area contributed by atoms with Gasteiger partial charge in [0.05, 0.1) is 5.92 Å². The van der Waals surface area contributed by atoms with E-state index in [4.69, 9.17) is 4.74 Å². The zero-order chi connectivity index (χ0) is 22.0. The van der Waals surface area contributed by atoms with E-state index in [1.807, 2.05) is 93.6 Å². The molecule has 2 unspecified atom stereocenters. The summed E-state index contributed by atoms with van der Waals surface area (Å²) in [5.41, 5.74) is 1.25. The van der Waals surface area contributed by atoms with Crippen LogP contribution < -0.4 is 5.32 Å². The number of anilines is 1. The van der Waals surface area contributed by atoms with Crippen LogP contribution in [0.1, 0.15) is 32.3 Å². The van der Waals surface area contributed by atoms with Gasteiger partial charge in [0.1, 0.15) is 5.60 Å². The van der Waals surface area contributed by atoms with E-state index >= 15 is 0 Å². The number of rotatable bonds is 3. The molecule has 0 radical (unpaired) electrons. The molecule has 0 saturated carbocycles. The third-order valence-corrected chi connectivity index (χ3v) is 5.58. The summed E-state index contributed by atoms with van der Waals surface area (Å²) in [6.07, 6.45) is -0.381. The predicted octanol–water partition coefficient (Wildman–Crippen LogP) is 5.43. The molecule has 3 aromatic rings. The first-order chi connectivity index (χ1) is 14.8. The van der Waals surface area contributed by atoms with Crippen LogP contribution in [0, 0.1) is 5.92 Å². The molecule has 5 heteroatoms. The molecule has 0 aliphatic carbocycles. The minimum atomic E-state index is -0.581. The summed E-state index contributed by atoms with van der Waals surface area (Å²) < 4.78 is 5.57.